The van der Waals surface area contributed by atoms with Crippen LogP contribution in [0.2, 0.25) is 0 Å². The molecule has 2 aromatic rings. The minimum absolute atomic E-state index is 0.0767. The Morgan fingerprint density at radius 3 is 2.28 bits per heavy atom. The molecule has 1 heterocycles. The van der Waals surface area contributed by atoms with Gasteiger partial charge >= 0.3 is 0 Å². The normalized spacial score (nSPS) is 11.6. The van der Waals surface area contributed by atoms with E-state index in [0.717, 1.165) is 16.0 Å². The van der Waals surface area contributed by atoms with Crippen molar-refractivity contribution in [3.8, 4) is 0 Å². The van der Waals surface area contributed by atoms with Gasteiger partial charge in [0.05, 0.1) is 5.41 Å². The lowest BCUT2D eigenvalue weighted by atomic mass is 9.78. The van der Waals surface area contributed by atoms with Crippen LogP contribution in [-0.4, -0.2) is 5.78 Å². The number of carbonyl (C=O) groups is 1. The lowest BCUT2D eigenvalue weighted by Gasteiger charge is -2.23. The third-order valence-electron chi connectivity index (χ3n) is 3.24. The van der Waals surface area contributed by atoms with Crippen molar-refractivity contribution in [2.75, 3.05) is 0 Å². The average molecular weight is 262 g/mol. The minimum atomic E-state index is -0.639. The van der Waals surface area contributed by atoms with Crippen molar-refractivity contribution >= 4 is 17.1 Å². The van der Waals surface area contributed by atoms with E-state index in [1.807, 2.05) is 32.2 Å². The molecular formula is C15H15FOS. The molecule has 0 amide bonds. The van der Waals surface area contributed by atoms with Crippen LogP contribution in [0.1, 0.15) is 34.6 Å². The fourth-order valence-electron chi connectivity index (χ4n) is 1.95. The molecule has 0 radical (unpaired) electrons. The van der Waals surface area contributed by atoms with Gasteiger partial charge in [0.1, 0.15) is 5.82 Å². The first-order chi connectivity index (χ1) is 8.43. The molecule has 1 aromatic heterocycles. The van der Waals surface area contributed by atoms with Gasteiger partial charge in [0.2, 0.25) is 0 Å². The summed E-state index contributed by atoms with van der Waals surface area (Å²) in [5.74, 6) is -0.207. The first kappa shape index (κ1) is 13.0. The molecule has 0 atom stereocenters. The number of halogens is 1. The Kier molecular flexibility index (Phi) is 3.35. The van der Waals surface area contributed by atoms with Crippen LogP contribution < -0.4 is 0 Å². The Morgan fingerprint density at radius 2 is 1.78 bits per heavy atom. The highest BCUT2D eigenvalue weighted by atomic mass is 32.1. The van der Waals surface area contributed by atoms with Gasteiger partial charge in [0.25, 0.3) is 0 Å². The summed E-state index contributed by atoms with van der Waals surface area (Å²) in [5, 5.41) is 1.92. The fraction of sp³-hybridized carbons (Fsp3) is 0.267. The molecule has 1 aromatic carbocycles. The van der Waals surface area contributed by atoms with Crippen LogP contribution in [0.5, 0.6) is 0 Å². The second kappa shape index (κ2) is 4.65. The molecule has 0 bridgehead atoms. The summed E-state index contributed by atoms with van der Waals surface area (Å²) in [5.41, 5.74) is 0.952. The Labute approximate surface area is 110 Å². The predicted octanol–water partition coefficient (Wildman–Crippen LogP) is 4.36. The van der Waals surface area contributed by atoms with E-state index in [2.05, 4.69) is 0 Å². The van der Waals surface area contributed by atoms with Crippen molar-refractivity contribution in [1.29, 1.82) is 0 Å². The molecule has 3 heteroatoms. The van der Waals surface area contributed by atoms with E-state index in [1.54, 1.807) is 23.5 Å². The summed E-state index contributed by atoms with van der Waals surface area (Å²) in [6.45, 7) is 5.69. The molecule has 0 N–H and O–H groups in total. The standard InChI is InChI=1S/C15H15FOS/c1-10-13(8-9-18-10)14(17)15(2,3)11-4-6-12(16)7-5-11/h4-9H,1-3H3. The molecule has 0 saturated carbocycles. The zero-order valence-corrected chi connectivity index (χ0v) is 11.5. The van der Waals surface area contributed by atoms with Gasteiger partial charge in [-0.1, -0.05) is 12.1 Å². The third-order valence-corrected chi connectivity index (χ3v) is 4.08. The summed E-state index contributed by atoms with van der Waals surface area (Å²) < 4.78 is 12.9. The maximum absolute atomic E-state index is 12.9. The molecule has 0 aliphatic heterocycles. The molecular weight excluding hydrogens is 247 g/mol. The molecule has 0 spiro atoms. The highest BCUT2D eigenvalue weighted by molar-refractivity contribution is 7.10. The monoisotopic (exact) mass is 262 g/mol. The van der Waals surface area contributed by atoms with Crippen molar-refractivity contribution < 1.29 is 9.18 Å². The first-order valence-corrected chi connectivity index (χ1v) is 6.66. The maximum atomic E-state index is 12.9. The number of Topliss-reactive ketones (excluding diaryl/α,β-unsaturated/α-hetero) is 1. The van der Waals surface area contributed by atoms with Gasteiger partial charge in [-0.05, 0) is 49.9 Å². The van der Waals surface area contributed by atoms with Crippen molar-refractivity contribution in [3.63, 3.8) is 0 Å². The Balaban J connectivity index is 2.39. The van der Waals surface area contributed by atoms with Crippen LogP contribution in [0, 0.1) is 12.7 Å². The van der Waals surface area contributed by atoms with Crippen molar-refractivity contribution in [3.05, 3.63) is 57.5 Å². The van der Waals surface area contributed by atoms with Gasteiger partial charge < -0.3 is 0 Å². The molecule has 94 valence electrons. The summed E-state index contributed by atoms with van der Waals surface area (Å²) >= 11 is 1.57. The lowest BCUT2D eigenvalue weighted by molar-refractivity contribution is 0.0908. The van der Waals surface area contributed by atoms with Gasteiger partial charge in [0.15, 0.2) is 5.78 Å². The van der Waals surface area contributed by atoms with Crippen molar-refractivity contribution in [1.82, 2.24) is 0 Å². The zero-order valence-electron chi connectivity index (χ0n) is 10.7. The number of thiophene rings is 1. The molecule has 0 unspecified atom stereocenters. The molecule has 0 aliphatic carbocycles. The molecule has 2 rings (SSSR count). The topological polar surface area (TPSA) is 17.1 Å². The zero-order chi connectivity index (χ0) is 13.3. The van der Waals surface area contributed by atoms with Gasteiger partial charge in [0, 0.05) is 10.4 Å². The van der Waals surface area contributed by atoms with Gasteiger partial charge in [-0.2, -0.15) is 0 Å². The van der Waals surface area contributed by atoms with Crippen molar-refractivity contribution in [2.45, 2.75) is 26.2 Å². The van der Waals surface area contributed by atoms with Crippen LogP contribution in [0.25, 0.3) is 0 Å². The van der Waals surface area contributed by atoms with Gasteiger partial charge in [-0.25, -0.2) is 4.39 Å². The molecule has 18 heavy (non-hydrogen) atoms. The Bertz CT molecular complexity index is 566. The number of hydrogen-bond donors (Lipinski definition) is 0. The number of hydrogen-bond acceptors (Lipinski definition) is 2. The fourth-order valence-corrected chi connectivity index (χ4v) is 2.65. The Hall–Kier alpha value is -1.48. The molecule has 0 fully saturated rings. The van der Waals surface area contributed by atoms with Crippen LogP contribution in [0.3, 0.4) is 0 Å². The Morgan fingerprint density at radius 1 is 1.17 bits per heavy atom. The maximum Gasteiger partial charge on any atom is 0.173 e. The van der Waals surface area contributed by atoms with Gasteiger partial charge in [-0.3, -0.25) is 4.79 Å². The van der Waals surface area contributed by atoms with E-state index in [0.29, 0.717) is 0 Å². The van der Waals surface area contributed by atoms with E-state index in [4.69, 9.17) is 0 Å². The van der Waals surface area contributed by atoms with E-state index in [1.165, 1.54) is 12.1 Å². The van der Waals surface area contributed by atoms with E-state index in [-0.39, 0.29) is 11.6 Å². The van der Waals surface area contributed by atoms with Crippen LogP contribution in [0.15, 0.2) is 35.7 Å². The van der Waals surface area contributed by atoms with Crippen molar-refractivity contribution in [2.24, 2.45) is 0 Å². The van der Waals surface area contributed by atoms with E-state index in [9.17, 15) is 9.18 Å². The molecule has 0 aliphatic rings. The number of benzene rings is 1. The summed E-state index contributed by atoms with van der Waals surface area (Å²) in [6.07, 6.45) is 0. The molecule has 1 nitrogen and oxygen atoms in total. The highest BCUT2D eigenvalue weighted by Gasteiger charge is 2.31. The quantitative estimate of drug-likeness (QED) is 0.751. The van der Waals surface area contributed by atoms with Crippen LogP contribution >= 0.6 is 11.3 Å². The first-order valence-electron chi connectivity index (χ1n) is 5.78. The van der Waals surface area contributed by atoms with E-state index < -0.39 is 5.41 Å². The van der Waals surface area contributed by atoms with Crippen LogP contribution in [-0.2, 0) is 5.41 Å². The lowest BCUT2D eigenvalue weighted by Crippen LogP contribution is -2.29. The average Bonchev–Trinajstić information content (AvgIpc) is 2.75. The second-order valence-electron chi connectivity index (χ2n) is 4.85. The molecule has 0 saturated heterocycles. The number of ketones is 1. The second-order valence-corrected chi connectivity index (χ2v) is 5.97. The number of rotatable bonds is 3. The predicted molar refractivity (Wildman–Crippen MR) is 72.8 cm³/mol. The SMILES string of the molecule is Cc1sccc1C(=O)C(C)(C)c1ccc(F)cc1. The number of aryl methyl sites for hydroxylation is 1. The minimum Gasteiger partial charge on any atom is -0.293 e. The number of carbonyl (C=O) groups excluding carboxylic acids is 1. The third kappa shape index (κ3) is 2.23. The summed E-state index contributed by atoms with van der Waals surface area (Å²) in [6, 6.07) is 7.99. The van der Waals surface area contributed by atoms with Gasteiger partial charge in [-0.15, -0.1) is 11.3 Å². The smallest absolute Gasteiger partial charge is 0.173 e. The summed E-state index contributed by atoms with van der Waals surface area (Å²) in [7, 11) is 0. The van der Waals surface area contributed by atoms with Crippen LogP contribution in [0.4, 0.5) is 4.39 Å². The largest absolute Gasteiger partial charge is 0.293 e. The van der Waals surface area contributed by atoms with E-state index >= 15 is 0 Å². The highest BCUT2D eigenvalue weighted by Crippen LogP contribution is 2.30. The summed E-state index contributed by atoms with van der Waals surface area (Å²) in [4.78, 5) is 13.6.